The van der Waals surface area contributed by atoms with E-state index in [1.54, 1.807) is 24.3 Å². The van der Waals surface area contributed by atoms with E-state index in [9.17, 15) is 9.59 Å². The Balaban J connectivity index is 2.58. The van der Waals surface area contributed by atoms with Crippen molar-refractivity contribution in [3.63, 3.8) is 0 Å². The fraction of sp³-hybridized carbons (Fsp3) is 0.385. The lowest BCUT2D eigenvalue weighted by Crippen LogP contribution is -2.36. The average Bonchev–Trinajstić information content (AvgIpc) is 2.41. The number of benzene rings is 1. The summed E-state index contributed by atoms with van der Waals surface area (Å²) in [6, 6.07) is 6.89. The van der Waals surface area contributed by atoms with Gasteiger partial charge >= 0.3 is 11.8 Å². The first-order valence-electron chi connectivity index (χ1n) is 6.11. The highest BCUT2D eigenvalue weighted by Gasteiger charge is 2.14. The van der Waals surface area contributed by atoms with E-state index >= 15 is 0 Å². The molecule has 0 saturated carbocycles. The molecule has 1 aromatic carbocycles. The minimum Gasteiger partial charge on any atom is -0.492 e. The third kappa shape index (κ3) is 4.97. The normalized spacial score (nSPS) is 9.79. The van der Waals surface area contributed by atoms with Gasteiger partial charge in [-0.15, -0.1) is 0 Å². The number of hydrogen-bond acceptors (Lipinski definition) is 4. The molecule has 0 aliphatic rings. The molecular formula is C13H18N2O4. The van der Waals surface area contributed by atoms with Gasteiger partial charge in [-0.1, -0.05) is 12.1 Å². The molecule has 104 valence electrons. The molecule has 0 radical (unpaired) electrons. The monoisotopic (exact) mass is 266 g/mol. The van der Waals surface area contributed by atoms with Gasteiger partial charge in [0.2, 0.25) is 0 Å². The number of para-hydroxylation sites is 2. The lowest BCUT2D eigenvalue weighted by Gasteiger charge is -2.11. The van der Waals surface area contributed by atoms with Crippen LogP contribution in [-0.4, -0.2) is 36.7 Å². The van der Waals surface area contributed by atoms with Gasteiger partial charge in [0, 0.05) is 13.2 Å². The second-order valence-corrected chi connectivity index (χ2v) is 3.72. The first kappa shape index (κ1) is 15.0. The lowest BCUT2D eigenvalue weighted by molar-refractivity contribution is -0.136. The predicted molar refractivity (Wildman–Crippen MR) is 71.0 cm³/mol. The smallest absolute Gasteiger partial charge is 0.313 e. The maximum Gasteiger partial charge on any atom is 0.313 e. The molecule has 0 bridgehead atoms. The van der Waals surface area contributed by atoms with E-state index < -0.39 is 11.8 Å². The molecule has 6 nitrogen and oxygen atoms in total. The molecule has 19 heavy (non-hydrogen) atoms. The number of carbonyl (C=O) groups excluding carboxylic acids is 2. The number of nitrogens with one attached hydrogen (secondary N) is 2. The predicted octanol–water partition coefficient (Wildman–Crippen LogP) is 0.522. The van der Waals surface area contributed by atoms with E-state index in [0.29, 0.717) is 24.5 Å². The minimum atomic E-state index is -0.759. The fourth-order valence-electron chi connectivity index (χ4n) is 1.39. The highest BCUT2D eigenvalue weighted by molar-refractivity contribution is 6.39. The van der Waals surface area contributed by atoms with Crippen LogP contribution in [0.15, 0.2) is 24.3 Å². The van der Waals surface area contributed by atoms with Crippen molar-refractivity contribution >= 4 is 17.5 Å². The minimum absolute atomic E-state index is 0.0327. The zero-order valence-electron chi connectivity index (χ0n) is 10.8. The summed E-state index contributed by atoms with van der Waals surface area (Å²) >= 11 is 0. The maximum atomic E-state index is 11.6. The SMILES string of the molecule is CCOc1ccccc1NC(=O)C(=O)NCCCO. The van der Waals surface area contributed by atoms with Crippen LogP contribution >= 0.6 is 0 Å². The van der Waals surface area contributed by atoms with Crippen LogP contribution in [0.3, 0.4) is 0 Å². The second-order valence-electron chi connectivity index (χ2n) is 3.72. The zero-order valence-corrected chi connectivity index (χ0v) is 10.8. The van der Waals surface area contributed by atoms with Crippen molar-refractivity contribution in [3.05, 3.63) is 24.3 Å². The molecule has 1 rings (SSSR count). The van der Waals surface area contributed by atoms with Crippen molar-refractivity contribution in [3.8, 4) is 5.75 Å². The standard InChI is InChI=1S/C13H18N2O4/c1-2-19-11-7-4-3-6-10(11)15-13(18)12(17)14-8-5-9-16/h3-4,6-7,16H,2,5,8-9H2,1H3,(H,14,17)(H,15,18). The third-order valence-corrected chi connectivity index (χ3v) is 2.26. The molecule has 0 unspecified atom stereocenters. The Kier molecular flexibility index (Phi) is 6.38. The van der Waals surface area contributed by atoms with Gasteiger partial charge in [0.1, 0.15) is 5.75 Å². The van der Waals surface area contributed by atoms with Gasteiger partial charge in [-0.2, -0.15) is 0 Å². The number of ether oxygens (including phenoxy) is 1. The number of hydrogen-bond donors (Lipinski definition) is 3. The zero-order chi connectivity index (χ0) is 14.1. The Morgan fingerprint density at radius 2 is 2.00 bits per heavy atom. The number of rotatable bonds is 6. The van der Waals surface area contributed by atoms with Crippen molar-refractivity contribution in [1.29, 1.82) is 0 Å². The summed E-state index contributed by atoms with van der Waals surface area (Å²) in [5.41, 5.74) is 0.451. The number of anilines is 1. The quantitative estimate of drug-likeness (QED) is 0.517. The van der Waals surface area contributed by atoms with Gasteiger partial charge in [0.05, 0.1) is 12.3 Å². The van der Waals surface area contributed by atoms with E-state index in [-0.39, 0.29) is 13.2 Å². The van der Waals surface area contributed by atoms with Crippen LogP contribution in [0.5, 0.6) is 5.75 Å². The van der Waals surface area contributed by atoms with Crippen LogP contribution in [-0.2, 0) is 9.59 Å². The van der Waals surface area contributed by atoms with Crippen LogP contribution in [0.2, 0.25) is 0 Å². The fourth-order valence-corrected chi connectivity index (χ4v) is 1.39. The summed E-state index contributed by atoms with van der Waals surface area (Å²) in [4.78, 5) is 23.1. The number of aliphatic hydroxyl groups is 1. The van der Waals surface area contributed by atoms with Crippen molar-refractivity contribution < 1.29 is 19.4 Å². The molecule has 0 aliphatic heterocycles. The Labute approximate surface area is 111 Å². The Bertz CT molecular complexity index is 434. The van der Waals surface area contributed by atoms with Gasteiger partial charge in [-0.05, 0) is 25.5 Å². The second kappa shape index (κ2) is 8.10. The summed E-state index contributed by atoms with van der Waals surface area (Å²) in [5, 5.41) is 13.5. The highest BCUT2D eigenvalue weighted by atomic mass is 16.5. The molecular weight excluding hydrogens is 248 g/mol. The van der Waals surface area contributed by atoms with Crippen molar-refractivity contribution in [1.82, 2.24) is 5.32 Å². The van der Waals surface area contributed by atoms with Crippen LogP contribution in [0.4, 0.5) is 5.69 Å². The number of amides is 2. The topological polar surface area (TPSA) is 87.7 Å². The van der Waals surface area contributed by atoms with Crippen LogP contribution in [0.1, 0.15) is 13.3 Å². The van der Waals surface area contributed by atoms with Crippen molar-refractivity contribution in [2.75, 3.05) is 25.1 Å². The average molecular weight is 266 g/mol. The third-order valence-electron chi connectivity index (χ3n) is 2.26. The van der Waals surface area contributed by atoms with Crippen molar-refractivity contribution in [2.24, 2.45) is 0 Å². The van der Waals surface area contributed by atoms with Crippen LogP contribution < -0.4 is 15.4 Å². The maximum absolute atomic E-state index is 11.6. The first-order valence-corrected chi connectivity index (χ1v) is 6.11. The Hall–Kier alpha value is -2.08. The molecule has 2 amide bonds. The van der Waals surface area contributed by atoms with E-state index in [4.69, 9.17) is 9.84 Å². The van der Waals surface area contributed by atoms with Crippen molar-refractivity contribution in [2.45, 2.75) is 13.3 Å². The van der Waals surface area contributed by atoms with E-state index in [1.165, 1.54) is 0 Å². The molecule has 0 aliphatic carbocycles. The Morgan fingerprint density at radius 1 is 1.26 bits per heavy atom. The molecule has 1 aromatic rings. The highest BCUT2D eigenvalue weighted by Crippen LogP contribution is 2.23. The molecule has 6 heteroatoms. The number of aliphatic hydroxyl groups excluding tert-OH is 1. The lowest BCUT2D eigenvalue weighted by atomic mass is 10.3. The van der Waals surface area contributed by atoms with Gasteiger partial charge in [0.15, 0.2) is 0 Å². The van der Waals surface area contributed by atoms with Gasteiger partial charge in [-0.3, -0.25) is 9.59 Å². The molecule has 0 heterocycles. The summed E-state index contributed by atoms with van der Waals surface area (Å²) in [7, 11) is 0. The van der Waals surface area contributed by atoms with Gasteiger partial charge in [-0.25, -0.2) is 0 Å². The first-order chi connectivity index (χ1) is 9.19. The molecule has 0 aromatic heterocycles. The van der Waals surface area contributed by atoms with Gasteiger partial charge in [0.25, 0.3) is 0 Å². The summed E-state index contributed by atoms with van der Waals surface area (Å²) < 4.78 is 5.34. The summed E-state index contributed by atoms with van der Waals surface area (Å²) in [6.45, 7) is 2.53. The van der Waals surface area contributed by atoms with E-state index in [2.05, 4.69) is 10.6 Å². The molecule has 0 saturated heterocycles. The molecule has 0 fully saturated rings. The Morgan fingerprint density at radius 3 is 2.68 bits per heavy atom. The number of carbonyl (C=O) groups is 2. The molecule has 0 atom stereocenters. The van der Waals surface area contributed by atoms with Crippen LogP contribution in [0, 0.1) is 0 Å². The van der Waals surface area contributed by atoms with E-state index in [0.717, 1.165) is 0 Å². The summed E-state index contributed by atoms with van der Waals surface area (Å²) in [6.07, 6.45) is 0.411. The molecule has 0 spiro atoms. The summed E-state index contributed by atoms with van der Waals surface area (Å²) in [5.74, 6) is -0.980. The van der Waals surface area contributed by atoms with Crippen LogP contribution in [0.25, 0.3) is 0 Å². The molecule has 3 N–H and O–H groups in total. The van der Waals surface area contributed by atoms with E-state index in [1.807, 2.05) is 6.92 Å². The largest absolute Gasteiger partial charge is 0.492 e. The van der Waals surface area contributed by atoms with Gasteiger partial charge < -0.3 is 20.5 Å².